The van der Waals surface area contributed by atoms with Crippen LogP contribution in [-0.2, 0) is 16.6 Å². The number of fused-ring (bicyclic) bond motifs is 1. The number of non-ortho nitro benzene ring substituents is 1. The van der Waals surface area contributed by atoms with Gasteiger partial charge in [-0.15, -0.1) is 0 Å². The summed E-state index contributed by atoms with van der Waals surface area (Å²) in [6.07, 6.45) is 1.60. The van der Waals surface area contributed by atoms with Gasteiger partial charge in [0.15, 0.2) is 0 Å². The molecule has 1 N–H and O–H groups in total. The minimum atomic E-state index is -3.85. The molecule has 0 amide bonds. The third-order valence-electron chi connectivity index (χ3n) is 3.45. The minimum Gasteiger partial charge on any atom is -0.258 e. The first-order valence-corrected chi connectivity index (χ1v) is 8.52. The molecule has 0 radical (unpaired) electrons. The van der Waals surface area contributed by atoms with Crippen LogP contribution in [0.25, 0.3) is 10.9 Å². The molecule has 0 saturated heterocycles. The molecule has 1 aromatic heterocycles. The predicted molar refractivity (Wildman–Crippen MR) is 88.9 cm³/mol. The number of nitro groups is 1. The van der Waals surface area contributed by atoms with Crippen LogP contribution in [0.2, 0.25) is 0 Å². The van der Waals surface area contributed by atoms with Crippen molar-refractivity contribution in [3.8, 4) is 0 Å². The number of nitro benzene ring substituents is 1. The highest BCUT2D eigenvalue weighted by Crippen LogP contribution is 2.18. The van der Waals surface area contributed by atoms with Crippen molar-refractivity contribution in [1.82, 2.24) is 9.71 Å². The van der Waals surface area contributed by atoms with Crippen LogP contribution in [-0.4, -0.2) is 18.3 Å². The van der Waals surface area contributed by atoms with Crippen LogP contribution >= 0.6 is 0 Å². The molecular formula is C16H13N3O4S. The molecule has 0 aliphatic heterocycles. The molecule has 3 rings (SSSR count). The first kappa shape index (κ1) is 16.0. The molecule has 3 aromatic rings. The summed E-state index contributed by atoms with van der Waals surface area (Å²) >= 11 is 0. The lowest BCUT2D eigenvalue weighted by molar-refractivity contribution is -0.385. The highest BCUT2D eigenvalue weighted by Gasteiger charge is 2.17. The molecule has 0 fully saturated rings. The molecule has 0 spiro atoms. The summed E-state index contributed by atoms with van der Waals surface area (Å²) < 4.78 is 27.0. The van der Waals surface area contributed by atoms with Crippen molar-refractivity contribution >= 4 is 26.6 Å². The quantitative estimate of drug-likeness (QED) is 0.567. The van der Waals surface area contributed by atoms with Gasteiger partial charge in [0.25, 0.3) is 5.69 Å². The summed E-state index contributed by atoms with van der Waals surface area (Å²) in [7, 11) is -3.85. The van der Waals surface area contributed by atoms with E-state index in [9.17, 15) is 18.5 Å². The molecule has 1 heterocycles. The summed E-state index contributed by atoms with van der Waals surface area (Å²) in [5, 5.41) is 11.7. The molecule has 2 aromatic carbocycles. The fourth-order valence-electron chi connectivity index (χ4n) is 2.24. The van der Waals surface area contributed by atoms with E-state index in [0.29, 0.717) is 5.56 Å². The van der Waals surface area contributed by atoms with Crippen molar-refractivity contribution in [2.45, 2.75) is 11.4 Å². The molecular weight excluding hydrogens is 330 g/mol. The van der Waals surface area contributed by atoms with Crippen LogP contribution in [0.5, 0.6) is 0 Å². The molecule has 7 nitrogen and oxygen atoms in total. The highest BCUT2D eigenvalue weighted by molar-refractivity contribution is 7.89. The predicted octanol–water partition coefficient (Wildman–Crippen LogP) is 2.62. The van der Waals surface area contributed by atoms with Crippen molar-refractivity contribution in [2.75, 3.05) is 0 Å². The Labute approximate surface area is 138 Å². The van der Waals surface area contributed by atoms with E-state index in [1.54, 1.807) is 6.20 Å². The van der Waals surface area contributed by atoms with Crippen molar-refractivity contribution in [3.63, 3.8) is 0 Å². The van der Waals surface area contributed by atoms with E-state index in [0.717, 1.165) is 17.0 Å². The van der Waals surface area contributed by atoms with E-state index < -0.39 is 14.9 Å². The van der Waals surface area contributed by atoms with E-state index in [-0.39, 0.29) is 17.1 Å². The zero-order valence-corrected chi connectivity index (χ0v) is 13.2. The average Bonchev–Trinajstić information content (AvgIpc) is 2.60. The Hall–Kier alpha value is -2.84. The van der Waals surface area contributed by atoms with Crippen molar-refractivity contribution < 1.29 is 13.3 Å². The normalized spacial score (nSPS) is 11.5. The SMILES string of the molecule is O=[N+]([O-])c1cccc(S(=O)(=O)NCc2cnc3ccccc3c2)c1. The second-order valence-electron chi connectivity index (χ2n) is 5.12. The summed E-state index contributed by atoms with van der Waals surface area (Å²) in [6, 6.07) is 14.3. The zero-order valence-electron chi connectivity index (χ0n) is 12.4. The van der Waals surface area contributed by atoms with Gasteiger partial charge in [0.2, 0.25) is 10.0 Å². The van der Waals surface area contributed by atoms with Crippen LogP contribution in [0.1, 0.15) is 5.56 Å². The van der Waals surface area contributed by atoms with Crippen LogP contribution < -0.4 is 4.72 Å². The summed E-state index contributed by atoms with van der Waals surface area (Å²) in [4.78, 5) is 14.3. The number of rotatable bonds is 5. The van der Waals surface area contributed by atoms with Crippen molar-refractivity contribution in [2.24, 2.45) is 0 Å². The maximum Gasteiger partial charge on any atom is 0.270 e. The molecule has 0 aliphatic rings. The Morgan fingerprint density at radius 1 is 1.08 bits per heavy atom. The number of hydrogen-bond donors (Lipinski definition) is 1. The van der Waals surface area contributed by atoms with Gasteiger partial charge in [-0.3, -0.25) is 15.1 Å². The van der Waals surface area contributed by atoms with Crippen LogP contribution in [0.4, 0.5) is 5.69 Å². The molecule has 122 valence electrons. The second-order valence-corrected chi connectivity index (χ2v) is 6.88. The standard InChI is InChI=1S/C16H13N3O4S/c20-19(21)14-5-3-6-15(9-14)24(22,23)18-11-12-8-13-4-1-2-7-16(13)17-10-12/h1-10,18H,11H2. The lowest BCUT2D eigenvalue weighted by Gasteiger charge is -2.07. The van der Waals surface area contributed by atoms with Gasteiger partial charge in [-0.1, -0.05) is 24.3 Å². The van der Waals surface area contributed by atoms with E-state index in [2.05, 4.69) is 9.71 Å². The average molecular weight is 343 g/mol. The monoisotopic (exact) mass is 343 g/mol. The van der Waals surface area contributed by atoms with E-state index in [1.165, 1.54) is 18.2 Å². The molecule has 0 saturated carbocycles. The Morgan fingerprint density at radius 2 is 1.88 bits per heavy atom. The van der Waals surface area contributed by atoms with Crippen molar-refractivity contribution in [3.05, 3.63) is 76.5 Å². The number of para-hydroxylation sites is 1. The van der Waals surface area contributed by atoms with Crippen LogP contribution in [0, 0.1) is 10.1 Å². The Bertz CT molecular complexity index is 1020. The molecule has 0 atom stereocenters. The maximum atomic E-state index is 12.3. The number of nitrogens with zero attached hydrogens (tertiary/aromatic N) is 2. The molecule has 24 heavy (non-hydrogen) atoms. The zero-order chi connectivity index (χ0) is 17.2. The van der Waals surface area contributed by atoms with Gasteiger partial charge in [0.05, 0.1) is 15.3 Å². The van der Waals surface area contributed by atoms with E-state index in [1.807, 2.05) is 30.3 Å². The van der Waals surface area contributed by atoms with Crippen molar-refractivity contribution in [1.29, 1.82) is 0 Å². The number of pyridine rings is 1. The number of nitrogens with one attached hydrogen (secondary N) is 1. The number of benzene rings is 2. The maximum absolute atomic E-state index is 12.3. The van der Waals surface area contributed by atoms with E-state index >= 15 is 0 Å². The minimum absolute atomic E-state index is 0.0445. The smallest absolute Gasteiger partial charge is 0.258 e. The molecule has 0 unspecified atom stereocenters. The lowest BCUT2D eigenvalue weighted by atomic mass is 10.2. The lowest BCUT2D eigenvalue weighted by Crippen LogP contribution is -2.23. The fraction of sp³-hybridized carbons (Fsp3) is 0.0625. The number of sulfonamides is 1. The third-order valence-corrected chi connectivity index (χ3v) is 4.85. The third kappa shape index (κ3) is 3.39. The van der Waals surface area contributed by atoms with Gasteiger partial charge >= 0.3 is 0 Å². The second kappa shape index (κ2) is 6.34. The van der Waals surface area contributed by atoms with Gasteiger partial charge in [-0.05, 0) is 23.8 Å². The van der Waals surface area contributed by atoms with Gasteiger partial charge in [-0.25, -0.2) is 13.1 Å². The summed E-state index contributed by atoms with van der Waals surface area (Å²) in [6.45, 7) is 0.0445. The summed E-state index contributed by atoms with van der Waals surface area (Å²) in [5.74, 6) is 0. The Kier molecular flexibility index (Phi) is 4.24. The number of aromatic nitrogens is 1. The first-order chi connectivity index (χ1) is 11.5. The topological polar surface area (TPSA) is 102 Å². The van der Waals surface area contributed by atoms with Crippen LogP contribution in [0.15, 0.2) is 65.7 Å². The van der Waals surface area contributed by atoms with Crippen LogP contribution in [0.3, 0.4) is 0 Å². The Morgan fingerprint density at radius 3 is 2.67 bits per heavy atom. The van der Waals surface area contributed by atoms with Gasteiger partial charge < -0.3 is 0 Å². The fourth-order valence-corrected chi connectivity index (χ4v) is 3.30. The van der Waals surface area contributed by atoms with Gasteiger partial charge in [0.1, 0.15) is 0 Å². The van der Waals surface area contributed by atoms with Gasteiger partial charge in [0, 0.05) is 30.3 Å². The highest BCUT2D eigenvalue weighted by atomic mass is 32.2. The molecule has 0 bridgehead atoms. The molecule has 0 aliphatic carbocycles. The first-order valence-electron chi connectivity index (χ1n) is 7.03. The number of hydrogen-bond acceptors (Lipinski definition) is 5. The largest absolute Gasteiger partial charge is 0.270 e. The van der Waals surface area contributed by atoms with E-state index in [4.69, 9.17) is 0 Å². The summed E-state index contributed by atoms with van der Waals surface area (Å²) in [5.41, 5.74) is 1.25. The molecule has 8 heteroatoms. The Balaban J connectivity index is 1.81. The van der Waals surface area contributed by atoms with Gasteiger partial charge in [-0.2, -0.15) is 0 Å².